The zero-order chi connectivity index (χ0) is 13.8. The molecular formula is C10H11F3N2O2S. The summed E-state index contributed by atoms with van der Waals surface area (Å²) < 4.78 is 63.3. The molecule has 0 saturated heterocycles. The van der Waals surface area contributed by atoms with E-state index >= 15 is 0 Å². The standard InChI is InChI=1S/C10H11F3N2O2S/c11-9(3-5-14)10(12,13)18(16,17)8-2-1-6-15-7-4-8/h1-4,7H,5-6,14H2/b9-3-. The van der Waals surface area contributed by atoms with E-state index in [1.165, 1.54) is 6.08 Å². The van der Waals surface area contributed by atoms with Crippen LogP contribution in [-0.2, 0) is 9.84 Å². The highest BCUT2D eigenvalue weighted by atomic mass is 32.2. The summed E-state index contributed by atoms with van der Waals surface area (Å²) in [6.45, 7) is -0.352. The summed E-state index contributed by atoms with van der Waals surface area (Å²) in [5.74, 6) is -2.08. The molecule has 0 fully saturated rings. The summed E-state index contributed by atoms with van der Waals surface area (Å²) in [6, 6.07) is 0. The largest absolute Gasteiger partial charge is 0.400 e. The Morgan fingerprint density at radius 2 is 2.22 bits per heavy atom. The van der Waals surface area contributed by atoms with E-state index in [-0.39, 0.29) is 6.54 Å². The van der Waals surface area contributed by atoms with Crippen LogP contribution in [0.5, 0.6) is 0 Å². The van der Waals surface area contributed by atoms with Crippen LogP contribution in [0.15, 0.2) is 40.0 Å². The Kier molecular flexibility index (Phi) is 4.47. The first-order valence-electron chi connectivity index (χ1n) is 4.89. The van der Waals surface area contributed by atoms with Crippen molar-refractivity contribution >= 4 is 16.1 Å². The fraction of sp³-hybridized carbons (Fsp3) is 0.300. The van der Waals surface area contributed by atoms with Crippen LogP contribution in [0.1, 0.15) is 0 Å². The summed E-state index contributed by atoms with van der Waals surface area (Å²) >= 11 is 0. The molecule has 100 valence electrons. The maximum absolute atomic E-state index is 13.5. The first-order chi connectivity index (χ1) is 8.34. The van der Waals surface area contributed by atoms with Gasteiger partial charge in [0.1, 0.15) is 0 Å². The van der Waals surface area contributed by atoms with E-state index in [0.717, 1.165) is 18.4 Å². The van der Waals surface area contributed by atoms with Crippen molar-refractivity contribution in [2.24, 2.45) is 10.7 Å². The molecule has 0 aromatic rings. The van der Waals surface area contributed by atoms with Gasteiger partial charge < -0.3 is 5.73 Å². The predicted octanol–water partition coefficient (Wildman–Crippen LogP) is 1.33. The van der Waals surface area contributed by atoms with Gasteiger partial charge in [0.2, 0.25) is 0 Å². The molecule has 1 aliphatic heterocycles. The maximum Gasteiger partial charge on any atom is 0.400 e. The number of hydrogen-bond acceptors (Lipinski definition) is 4. The molecule has 0 bridgehead atoms. The predicted molar refractivity (Wildman–Crippen MR) is 62.7 cm³/mol. The Hall–Kier alpha value is -1.41. The molecule has 1 rings (SSSR count). The number of hydrogen-bond donors (Lipinski definition) is 1. The van der Waals surface area contributed by atoms with Crippen molar-refractivity contribution in [3.05, 3.63) is 35.0 Å². The van der Waals surface area contributed by atoms with Crippen LogP contribution in [0.3, 0.4) is 0 Å². The fourth-order valence-electron chi connectivity index (χ4n) is 1.15. The molecule has 0 atom stereocenters. The second-order valence-electron chi connectivity index (χ2n) is 3.29. The van der Waals surface area contributed by atoms with E-state index in [4.69, 9.17) is 5.73 Å². The Morgan fingerprint density at radius 1 is 1.56 bits per heavy atom. The van der Waals surface area contributed by atoms with Gasteiger partial charge in [-0.1, -0.05) is 6.08 Å². The lowest BCUT2D eigenvalue weighted by Crippen LogP contribution is -2.31. The van der Waals surface area contributed by atoms with Crippen LogP contribution < -0.4 is 5.73 Å². The van der Waals surface area contributed by atoms with E-state index in [1.807, 2.05) is 0 Å². The van der Waals surface area contributed by atoms with Gasteiger partial charge >= 0.3 is 5.25 Å². The zero-order valence-electron chi connectivity index (χ0n) is 9.18. The Bertz CT molecular complexity index is 533. The van der Waals surface area contributed by atoms with Crippen LogP contribution in [-0.4, -0.2) is 33.0 Å². The smallest absolute Gasteiger partial charge is 0.327 e. The first-order valence-corrected chi connectivity index (χ1v) is 6.37. The van der Waals surface area contributed by atoms with Crippen LogP contribution in [0.4, 0.5) is 13.2 Å². The lowest BCUT2D eigenvalue weighted by Gasteiger charge is -2.15. The highest BCUT2D eigenvalue weighted by Gasteiger charge is 2.50. The average molecular weight is 280 g/mol. The number of sulfone groups is 1. The van der Waals surface area contributed by atoms with Crippen LogP contribution in [0.2, 0.25) is 0 Å². The van der Waals surface area contributed by atoms with Gasteiger partial charge in [0.05, 0.1) is 11.4 Å². The number of aliphatic imine (C=N–C) groups is 1. The second kappa shape index (κ2) is 5.49. The summed E-state index contributed by atoms with van der Waals surface area (Å²) in [5, 5.41) is -4.64. The molecule has 0 radical (unpaired) electrons. The van der Waals surface area contributed by atoms with Crippen LogP contribution >= 0.6 is 0 Å². The van der Waals surface area contributed by atoms with Gasteiger partial charge in [-0.15, -0.1) is 0 Å². The summed E-state index contributed by atoms with van der Waals surface area (Å²) in [7, 11) is -5.16. The number of alkyl halides is 2. The SMILES string of the molecule is NC/C=C(\F)C(F)(F)S(=O)(=O)C1=CC=NCC=C1. The number of nitrogens with two attached hydrogens (primary N) is 1. The van der Waals surface area contributed by atoms with Crippen molar-refractivity contribution < 1.29 is 21.6 Å². The van der Waals surface area contributed by atoms with Gasteiger partial charge in [-0.2, -0.15) is 8.78 Å². The van der Waals surface area contributed by atoms with Crippen molar-refractivity contribution in [1.29, 1.82) is 0 Å². The zero-order valence-corrected chi connectivity index (χ0v) is 10.0. The van der Waals surface area contributed by atoms with Gasteiger partial charge in [-0.25, -0.2) is 12.8 Å². The lowest BCUT2D eigenvalue weighted by molar-refractivity contribution is 0.106. The van der Waals surface area contributed by atoms with E-state index in [2.05, 4.69) is 4.99 Å². The third-order valence-corrected chi connectivity index (χ3v) is 3.82. The molecule has 2 N–H and O–H groups in total. The molecule has 0 saturated carbocycles. The Labute approximate surface area is 102 Å². The van der Waals surface area contributed by atoms with Gasteiger partial charge in [-0.05, 0) is 18.2 Å². The van der Waals surface area contributed by atoms with Crippen molar-refractivity contribution in [3.63, 3.8) is 0 Å². The normalized spacial score (nSPS) is 17.6. The highest BCUT2D eigenvalue weighted by Crippen LogP contribution is 2.36. The van der Waals surface area contributed by atoms with Crippen molar-refractivity contribution in [3.8, 4) is 0 Å². The van der Waals surface area contributed by atoms with Gasteiger partial charge in [0, 0.05) is 12.8 Å². The lowest BCUT2D eigenvalue weighted by atomic mass is 10.4. The minimum absolute atomic E-state index is 0.169. The van der Waals surface area contributed by atoms with E-state index in [1.54, 1.807) is 0 Å². The van der Waals surface area contributed by atoms with Crippen LogP contribution in [0, 0.1) is 0 Å². The topological polar surface area (TPSA) is 72.5 Å². The quantitative estimate of drug-likeness (QED) is 0.844. The summed E-state index contributed by atoms with van der Waals surface area (Å²) in [4.78, 5) is 2.97. The minimum Gasteiger partial charge on any atom is -0.327 e. The van der Waals surface area contributed by atoms with Gasteiger partial charge in [0.15, 0.2) is 5.83 Å². The Balaban J connectivity index is 3.25. The number of allylic oxidation sites excluding steroid dienone is 2. The van der Waals surface area contributed by atoms with Gasteiger partial charge in [-0.3, -0.25) is 4.99 Å². The molecule has 0 aromatic carbocycles. The number of halogens is 3. The molecule has 1 aliphatic rings. The Morgan fingerprint density at radius 3 is 2.83 bits per heavy atom. The molecule has 0 amide bonds. The monoisotopic (exact) mass is 280 g/mol. The first kappa shape index (κ1) is 14.7. The highest BCUT2D eigenvalue weighted by molar-refractivity contribution is 7.96. The second-order valence-corrected chi connectivity index (χ2v) is 5.28. The molecule has 0 aromatic heterocycles. The molecule has 0 unspecified atom stereocenters. The molecule has 8 heteroatoms. The maximum atomic E-state index is 13.5. The van der Waals surface area contributed by atoms with E-state index < -0.39 is 32.4 Å². The fourth-order valence-corrected chi connectivity index (χ4v) is 2.30. The number of nitrogens with zero attached hydrogens (tertiary/aromatic N) is 1. The molecular weight excluding hydrogens is 269 g/mol. The third kappa shape index (κ3) is 2.70. The summed E-state index contributed by atoms with van der Waals surface area (Å²) in [5.41, 5.74) is 4.88. The van der Waals surface area contributed by atoms with Crippen LogP contribution in [0.25, 0.3) is 0 Å². The van der Waals surface area contributed by atoms with E-state index in [0.29, 0.717) is 6.08 Å². The van der Waals surface area contributed by atoms with Gasteiger partial charge in [0.25, 0.3) is 9.84 Å². The molecule has 0 aliphatic carbocycles. The molecule has 18 heavy (non-hydrogen) atoms. The van der Waals surface area contributed by atoms with Crippen molar-refractivity contribution in [2.45, 2.75) is 5.25 Å². The van der Waals surface area contributed by atoms with Crippen molar-refractivity contribution in [2.75, 3.05) is 13.1 Å². The minimum atomic E-state index is -5.16. The van der Waals surface area contributed by atoms with Crippen molar-refractivity contribution in [1.82, 2.24) is 0 Å². The number of rotatable bonds is 4. The molecule has 4 nitrogen and oxygen atoms in total. The van der Waals surface area contributed by atoms with E-state index in [9.17, 15) is 21.6 Å². The third-order valence-electron chi connectivity index (χ3n) is 2.06. The molecule has 1 heterocycles. The average Bonchev–Trinajstić information content (AvgIpc) is 2.57. The summed E-state index contributed by atoms with van der Waals surface area (Å²) in [6.07, 6.45) is 4.54. The molecule has 0 spiro atoms.